The average Bonchev–Trinajstić information content (AvgIpc) is 3.06. The number of phenolic OH excluding ortho intramolecular Hbond substituents is 1. The average molecular weight is 416 g/mol. The molecule has 1 saturated carbocycles. The number of aromatic hydroxyl groups is 1. The molecule has 0 saturated heterocycles. The molecular formula is C19H23F3N2O3S. The first-order valence-corrected chi connectivity index (χ1v) is 9.70. The Labute approximate surface area is 165 Å². The molecule has 3 rings (SSSR count). The third-order valence-corrected chi connectivity index (χ3v) is 5.46. The van der Waals surface area contributed by atoms with E-state index in [9.17, 15) is 18.3 Å². The van der Waals surface area contributed by atoms with Crippen LogP contribution in [-0.2, 0) is 11.3 Å². The van der Waals surface area contributed by atoms with E-state index >= 15 is 0 Å². The van der Waals surface area contributed by atoms with Gasteiger partial charge in [0.15, 0.2) is 0 Å². The van der Waals surface area contributed by atoms with Gasteiger partial charge in [-0.1, -0.05) is 12.1 Å². The molecule has 28 heavy (non-hydrogen) atoms. The van der Waals surface area contributed by atoms with Crippen molar-refractivity contribution in [1.82, 2.24) is 10.3 Å². The molecule has 154 valence electrons. The molecule has 0 bridgehead atoms. The number of alkyl halides is 3. The molecule has 9 heteroatoms. The molecule has 1 aliphatic rings. The maximum Gasteiger partial charge on any atom is 0.490 e. The number of hydrogen-bond acceptors (Lipinski definition) is 5. The van der Waals surface area contributed by atoms with E-state index in [1.807, 2.05) is 6.20 Å². The van der Waals surface area contributed by atoms with E-state index in [4.69, 9.17) is 9.90 Å². The lowest BCUT2D eigenvalue weighted by Gasteiger charge is -2.29. The van der Waals surface area contributed by atoms with Crippen LogP contribution in [0, 0.1) is 6.92 Å². The molecule has 5 nitrogen and oxygen atoms in total. The fourth-order valence-corrected chi connectivity index (χ4v) is 3.83. The Hall–Kier alpha value is -2.13. The summed E-state index contributed by atoms with van der Waals surface area (Å²) >= 11 is 1.78. The van der Waals surface area contributed by atoms with Crippen molar-refractivity contribution in [3.63, 3.8) is 0 Å². The maximum atomic E-state index is 10.6. The summed E-state index contributed by atoms with van der Waals surface area (Å²) in [6, 6.07) is 8.33. The highest BCUT2D eigenvalue weighted by atomic mass is 32.1. The van der Waals surface area contributed by atoms with E-state index in [1.165, 1.54) is 41.1 Å². The zero-order valence-electron chi connectivity index (χ0n) is 15.4. The van der Waals surface area contributed by atoms with Gasteiger partial charge in [-0.15, -0.1) is 11.3 Å². The predicted molar refractivity (Wildman–Crippen MR) is 100 cm³/mol. The van der Waals surface area contributed by atoms with Crippen LogP contribution >= 0.6 is 11.3 Å². The van der Waals surface area contributed by atoms with Crippen molar-refractivity contribution in [3.05, 3.63) is 45.9 Å². The van der Waals surface area contributed by atoms with Crippen LogP contribution in [0.2, 0.25) is 0 Å². The lowest BCUT2D eigenvalue weighted by atomic mass is 9.82. The first-order chi connectivity index (χ1) is 13.1. The number of benzene rings is 1. The zero-order valence-corrected chi connectivity index (χ0v) is 16.2. The van der Waals surface area contributed by atoms with Crippen molar-refractivity contribution in [2.45, 2.75) is 57.3 Å². The van der Waals surface area contributed by atoms with Gasteiger partial charge in [0.2, 0.25) is 0 Å². The molecule has 0 spiro atoms. The van der Waals surface area contributed by atoms with Crippen molar-refractivity contribution in [2.24, 2.45) is 0 Å². The number of nitrogens with zero attached hydrogens (tertiary/aromatic N) is 1. The first-order valence-electron chi connectivity index (χ1n) is 8.89. The molecule has 1 aromatic carbocycles. The topological polar surface area (TPSA) is 82.5 Å². The molecule has 1 fully saturated rings. The fourth-order valence-electron chi connectivity index (χ4n) is 3.09. The SMILES string of the molecule is Cc1cnc(CNC2CCC(c3ccc(O)cc3)CC2)s1.O=C(O)C(F)(F)F. The minimum atomic E-state index is -5.08. The Morgan fingerprint density at radius 3 is 2.25 bits per heavy atom. The third-order valence-electron chi connectivity index (χ3n) is 4.55. The van der Waals surface area contributed by atoms with Crippen molar-refractivity contribution >= 4 is 17.3 Å². The van der Waals surface area contributed by atoms with Crippen LogP contribution < -0.4 is 5.32 Å². The van der Waals surface area contributed by atoms with Gasteiger partial charge in [-0.3, -0.25) is 0 Å². The minimum absolute atomic E-state index is 0.354. The van der Waals surface area contributed by atoms with Gasteiger partial charge >= 0.3 is 12.1 Å². The summed E-state index contributed by atoms with van der Waals surface area (Å²) in [4.78, 5) is 14.6. The van der Waals surface area contributed by atoms with Crippen molar-refractivity contribution in [2.75, 3.05) is 0 Å². The van der Waals surface area contributed by atoms with Crippen molar-refractivity contribution in [3.8, 4) is 5.75 Å². The Morgan fingerprint density at radius 2 is 1.79 bits per heavy atom. The molecular weight excluding hydrogens is 393 g/mol. The van der Waals surface area contributed by atoms with E-state index in [0.717, 1.165) is 6.54 Å². The number of thiazole rings is 1. The van der Waals surface area contributed by atoms with E-state index in [0.29, 0.717) is 17.7 Å². The van der Waals surface area contributed by atoms with Gasteiger partial charge in [0.1, 0.15) is 10.8 Å². The van der Waals surface area contributed by atoms with Gasteiger partial charge < -0.3 is 15.5 Å². The molecule has 0 radical (unpaired) electrons. The molecule has 3 N–H and O–H groups in total. The Balaban J connectivity index is 0.000000345. The van der Waals surface area contributed by atoms with Crippen molar-refractivity contribution in [1.29, 1.82) is 0 Å². The van der Waals surface area contributed by atoms with Gasteiger partial charge in [0, 0.05) is 23.7 Å². The van der Waals surface area contributed by atoms with Crippen LogP contribution in [-0.4, -0.2) is 33.4 Å². The largest absolute Gasteiger partial charge is 0.508 e. The third kappa shape index (κ3) is 7.12. The second kappa shape index (κ2) is 9.88. The van der Waals surface area contributed by atoms with Crippen LogP contribution in [0.25, 0.3) is 0 Å². The number of carboxylic acids is 1. The number of hydrogen-bond donors (Lipinski definition) is 3. The molecule has 0 atom stereocenters. The van der Waals surface area contributed by atoms with Crippen LogP contribution in [0.1, 0.15) is 47.0 Å². The minimum Gasteiger partial charge on any atom is -0.508 e. The van der Waals surface area contributed by atoms with Gasteiger partial charge in [0.25, 0.3) is 0 Å². The van der Waals surface area contributed by atoms with Gasteiger partial charge in [-0.2, -0.15) is 13.2 Å². The number of aromatic nitrogens is 1. The summed E-state index contributed by atoms with van der Waals surface area (Å²) in [5.41, 5.74) is 1.36. The lowest BCUT2D eigenvalue weighted by Crippen LogP contribution is -2.32. The predicted octanol–water partition coefficient (Wildman–Crippen LogP) is 4.61. The summed E-state index contributed by atoms with van der Waals surface area (Å²) < 4.78 is 31.7. The molecule has 1 heterocycles. The van der Waals surface area contributed by atoms with Crippen LogP contribution in [0.15, 0.2) is 30.5 Å². The summed E-state index contributed by atoms with van der Waals surface area (Å²) in [6.45, 7) is 3.00. The Bertz CT molecular complexity index is 755. The monoisotopic (exact) mass is 416 g/mol. The van der Waals surface area contributed by atoms with Crippen LogP contribution in [0.3, 0.4) is 0 Å². The number of halogens is 3. The van der Waals surface area contributed by atoms with E-state index in [2.05, 4.69) is 29.4 Å². The van der Waals surface area contributed by atoms with Gasteiger partial charge in [0.05, 0.1) is 0 Å². The summed E-state index contributed by atoms with van der Waals surface area (Å²) in [7, 11) is 0. The fraction of sp³-hybridized carbons (Fsp3) is 0.474. The highest BCUT2D eigenvalue weighted by molar-refractivity contribution is 7.11. The molecule has 0 unspecified atom stereocenters. The highest BCUT2D eigenvalue weighted by Gasteiger charge is 2.38. The number of carboxylic acid groups (broad SMARTS) is 1. The van der Waals surface area contributed by atoms with E-state index in [1.54, 1.807) is 23.5 Å². The van der Waals surface area contributed by atoms with Gasteiger partial charge in [-0.05, 0) is 56.2 Å². The second-order valence-corrected chi connectivity index (χ2v) is 8.01. The number of phenols is 1. The van der Waals surface area contributed by atoms with E-state index in [-0.39, 0.29) is 0 Å². The molecule has 0 aliphatic heterocycles. The molecule has 1 aromatic heterocycles. The number of nitrogens with one attached hydrogen (secondary N) is 1. The van der Waals surface area contributed by atoms with Gasteiger partial charge in [-0.25, -0.2) is 9.78 Å². The number of aliphatic carboxylic acids is 1. The van der Waals surface area contributed by atoms with Crippen molar-refractivity contribution < 1.29 is 28.2 Å². The number of carbonyl (C=O) groups is 1. The quantitative estimate of drug-likeness (QED) is 0.678. The number of rotatable bonds is 4. The summed E-state index contributed by atoms with van der Waals surface area (Å²) in [5, 5.41) is 21.3. The smallest absolute Gasteiger partial charge is 0.490 e. The molecule has 2 aromatic rings. The van der Waals surface area contributed by atoms with E-state index < -0.39 is 12.1 Å². The van der Waals surface area contributed by atoms with Crippen LogP contribution in [0.4, 0.5) is 13.2 Å². The Morgan fingerprint density at radius 1 is 1.21 bits per heavy atom. The second-order valence-electron chi connectivity index (χ2n) is 6.69. The standard InChI is InChI=1S/C17H22N2OS.C2HF3O2/c1-12-10-19-17(21-12)11-18-15-6-2-13(3-7-15)14-4-8-16(20)9-5-14;3-2(4,5)1(6)7/h4-5,8-10,13,15,18,20H,2-3,6-7,11H2,1H3;(H,6,7). The first kappa shape index (κ1) is 22.2. The Kier molecular flexibility index (Phi) is 7.82. The normalized spacial score (nSPS) is 19.6. The maximum absolute atomic E-state index is 10.6. The highest BCUT2D eigenvalue weighted by Crippen LogP contribution is 2.33. The summed E-state index contributed by atoms with van der Waals surface area (Å²) in [5.74, 6) is -1.76. The number of aryl methyl sites for hydroxylation is 1. The molecule has 1 aliphatic carbocycles. The van der Waals surface area contributed by atoms with Crippen LogP contribution in [0.5, 0.6) is 5.75 Å². The molecule has 0 amide bonds. The zero-order chi connectivity index (χ0) is 20.7. The summed E-state index contributed by atoms with van der Waals surface area (Å²) in [6.07, 6.45) is 1.74. The lowest BCUT2D eigenvalue weighted by molar-refractivity contribution is -0.192.